The Bertz CT molecular complexity index is 1030. The maximum Gasteiger partial charge on any atom is 0.257 e. The van der Waals surface area contributed by atoms with Gasteiger partial charge in [0.25, 0.3) is 5.91 Å². The molecule has 148 valence electrons. The number of nitrogens with one attached hydrogen (secondary N) is 1. The van der Waals surface area contributed by atoms with Gasteiger partial charge in [0.1, 0.15) is 17.0 Å². The Kier molecular flexibility index (Phi) is 4.77. The van der Waals surface area contributed by atoms with Gasteiger partial charge in [-0.05, 0) is 49.2 Å². The zero-order valence-electron chi connectivity index (χ0n) is 15.7. The van der Waals surface area contributed by atoms with Gasteiger partial charge in [-0.1, -0.05) is 12.1 Å². The predicted octanol–water partition coefficient (Wildman–Crippen LogP) is 4.69. The van der Waals surface area contributed by atoms with Gasteiger partial charge in [-0.3, -0.25) is 4.79 Å². The van der Waals surface area contributed by atoms with Crippen LogP contribution in [0.1, 0.15) is 35.1 Å². The minimum atomic E-state index is -0.368. The molecule has 1 fully saturated rings. The largest absolute Gasteiger partial charge is 0.376 e. The average Bonchev–Trinajstić information content (AvgIpc) is 3.43. The second kappa shape index (κ2) is 7.57. The van der Waals surface area contributed by atoms with Crippen molar-refractivity contribution < 1.29 is 13.9 Å². The van der Waals surface area contributed by atoms with Crippen LogP contribution >= 0.6 is 11.3 Å². The van der Waals surface area contributed by atoms with Gasteiger partial charge in [-0.25, -0.2) is 9.37 Å². The predicted molar refractivity (Wildman–Crippen MR) is 110 cm³/mol. The van der Waals surface area contributed by atoms with E-state index in [-0.39, 0.29) is 24.0 Å². The summed E-state index contributed by atoms with van der Waals surface area (Å²) in [6, 6.07) is 13.8. The van der Waals surface area contributed by atoms with E-state index >= 15 is 0 Å². The van der Waals surface area contributed by atoms with Crippen LogP contribution in [0.25, 0.3) is 10.6 Å². The molecular weight excluding hydrogens is 389 g/mol. The molecule has 2 atom stereocenters. The Labute approximate surface area is 172 Å². The number of hydrogen-bond acceptors (Lipinski definition) is 5. The first-order chi connectivity index (χ1) is 14.2. The van der Waals surface area contributed by atoms with Crippen LogP contribution in [0.15, 0.2) is 53.9 Å². The van der Waals surface area contributed by atoms with Crippen molar-refractivity contribution in [3.8, 4) is 10.6 Å². The third kappa shape index (κ3) is 3.52. The first-order valence-electron chi connectivity index (χ1n) is 9.68. The van der Waals surface area contributed by atoms with Gasteiger partial charge in [-0.15, -0.1) is 11.3 Å². The fraction of sp³-hybridized carbons (Fsp3) is 0.273. The molecule has 2 aromatic carbocycles. The first-order valence-corrected chi connectivity index (χ1v) is 10.6. The van der Waals surface area contributed by atoms with Crippen molar-refractivity contribution in [1.29, 1.82) is 0 Å². The third-order valence-electron chi connectivity index (χ3n) is 5.34. The zero-order valence-corrected chi connectivity index (χ0v) is 16.5. The number of rotatable bonds is 4. The Balaban J connectivity index is 1.49. The summed E-state index contributed by atoms with van der Waals surface area (Å²) >= 11 is 1.49. The van der Waals surface area contributed by atoms with E-state index in [0.29, 0.717) is 12.1 Å². The fourth-order valence-corrected chi connectivity index (χ4v) is 4.70. The number of fused-ring (bicyclic) bond motifs is 1. The number of benzene rings is 2. The molecule has 0 bridgehead atoms. The lowest BCUT2D eigenvalue weighted by atomic mass is 10.1. The van der Waals surface area contributed by atoms with Crippen LogP contribution in [-0.2, 0) is 4.74 Å². The van der Waals surface area contributed by atoms with E-state index in [2.05, 4.69) is 5.32 Å². The number of thiazole rings is 1. The molecule has 29 heavy (non-hydrogen) atoms. The molecule has 0 unspecified atom stereocenters. The summed E-state index contributed by atoms with van der Waals surface area (Å²) in [7, 11) is 0. The van der Waals surface area contributed by atoms with Crippen molar-refractivity contribution >= 4 is 22.9 Å². The van der Waals surface area contributed by atoms with Crippen LogP contribution in [-0.4, -0.2) is 35.0 Å². The van der Waals surface area contributed by atoms with Gasteiger partial charge >= 0.3 is 0 Å². The molecule has 3 heterocycles. The highest BCUT2D eigenvalue weighted by Crippen LogP contribution is 2.36. The topological polar surface area (TPSA) is 54.5 Å². The Morgan fingerprint density at radius 3 is 2.83 bits per heavy atom. The summed E-state index contributed by atoms with van der Waals surface area (Å²) in [6.45, 7) is 1.26. The molecule has 5 nitrogen and oxygen atoms in total. The van der Waals surface area contributed by atoms with E-state index < -0.39 is 0 Å². The smallest absolute Gasteiger partial charge is 0.257 e. The summed E-state index contributed by atoms with van der Waals surface area (Å²) in [4.78, 5) is 19.9. The second-order valence-electron chi connectivity index (χ2n) is 7.27. The Morgan fingerprint density at radius 2 is 2.03 bits per heavy atom. The lowest BCUT2D eigenvalue weighted by molar-refractivity contribution is 0.0423. The molecule has 3 aromatic rings. The van der Waals surface area contributed by atoms with E-state index in [4.69, 9.17) is 9.72 Å². The maximum atomic E-state index is 13.3. The van der Waals surface area contributed by atoms with Crippen LogP contribution in [0.2, 0.25) is 0 Å². The first kappa shape index (κ1) is 18.3. The van der Waals surface area contributed by atoms with Crippen LogP contribution in [0.5, 0.6) is 0 Å². The van der Waals surface area contributed by atoms with Crippen molar-refractivity contribution in [3.63, 3.8) is 0 Å². The number of halogens is 1. The lowest BCUT2D eigenvalue weighted by Gasteiger charge is -2.38. The van der Waals surface area contributed by atoms with Crippen molar-refractivity contribution in [2.45, 2.75) is 25.1 Å². The molecule has 0 saturated carbocycles. The number of carbonyl (C=O) groups excluding carboxylic acids is 1. The van der Waals surface area contributed by atoms with E-state index in [0.717, 1.165) is 41.4 Å². The summed E-state index contributed by atoms with van der Waals surface area (Å²) in [6.07, 6.45) is 1.65. The van der Waals surface area contributed by atoms with E-state index in [9.17, 15) is 9.18 Å². The van der Waals surface area contributed by atoms with Crippen molar-refractivity contribution in [2.75, 3.05) is 18.5 Å². The zero-order chi connectivity index (χ0) is 19.8. The molecule has 1 N–H and O–H groups in total. The number of hydrogen-bond donors (Lipinski definition) is 1. The van der Waals surface area contributed by atoms with Crippen molar-refractivity contribution in [1.82, 2.24) is 9.88 Å². The maximum absolute atomic E-state index is 13.3. The quantitative estimate of drug-likeness (QED) is 0.679. The van der Waals surface area contributed by atoms with Crippen molar-refractivity contribution in [2.24, 2.45) is 0 Å². The van der Waals surface area contributed by atoms with Gasteiger partial charge in [0.2, 0.25) is 0 Å². The highest BCUT2D eigenvalue weighted by molar-refractivity contribution is 7.13. The Hall–Kier alpha value is -2.77. The monoisotopic (exact) mass is 409 g/mol. The summed E-state index contributed by atoms with van der Waals surface area (Å²) in [5.74, 6) is -0.291. The van der Waals surface area contributed by atoms with Gasteiger partial charge in [-0.2, -0.15) is 0 Å². The molecule has 1 amide bonds. The highest BCUT2D eigenvalue weighted by Gasteiger charge is 2.36. The van der Waals surface area contributed by atoms with Crippen LogP contribution < -0.4 is 5.32 Å². The molecular formula is C22H20FN3O2S. The standard InChI is InChI=1S/C22H20FN3O2S/c23-15-9-7-14(8-10-15)21-25-19(13-29-21)20-24-18-6-2-1-5-17(18)22(27)26(20)12-16-4-3-11-28-16/h1-2,5-10,13,16,20,24H,3-4,11-12H2/t16-,20-/m0/s1. The molecule has 0 spiro atoms. The van der Waals surface area contributed by atoms with E-state index in [1.807, 2.05) is 34.5 Å². The number of aromatic nitrogens is 1. The summed E-state index contributed by atoms with van der Waals surface area (Å²) in [5, 5.41) is 6.23. The number of nitrogens with zero attached hydrogens (tertiary/aromatic N) is 2. The number of amides is 1. The van der Waals surface area contributed by atoms with E-state index in [1.165, 1.54) is 23.5 Å². The average molecular weight is 409 g/mol. The molecule has 1 aromatic heterocycles. The molecule has 5 rings (SSSR count). The molecule has 2 aliphatic heterocycles. The lowest BCUT2D eigenvalue weighted by Crippen LogP contribution is -2.46. The van der Waals surface area contributed by atoms with Crippen molar-refractivity contribution in [3.05, 3.63) is 71.0 Å². The third-order valence-corrected chi connectivity index (χ3v) is 6.25. The summed E-state index contributed by atoms with van der Waals surface area (Å²) in [5.41, 5.74) is 3.10. The molecule has 2 aliphatic rings. The fourth-order valence-electron chi connectivity index (χ4n) is 3.86. The molecule has 0 aliphatic carbocycles. The number of carbonyl (C=O) groups is 1. The Morgan fingerprint density at radius 1 is 1.21 bits per heavy atom. The summed E-state index contributed by atoms with van der Waals surface area (Å²) < 4.78 is 19.0. The minimum Gasteiger partial charge on any atom is -0.376 e. The van der Waals surface area contributed by atoms with Crippen LogP contribution in [0.3, 0.4) is 0 Å². The number of para-hydroxylation sites is 1. The number of ether oxygens (including phenoxy) is 1. The van der Waals surface area contributed by atoms with Gasteiger partial charge in [0, 0.05) is 29.8 Å². The van der Waals surface area contributed by atoms with Crippen LogP contribution in [0.4, 0.5) is 10.1 Å². The highest BCUT2D eigenvalue weighted by atomic mass is 32.1. The van der Waals surface area contributed by atoms with Gasteiger partial charge < -0.3 is 15.0 Å². The normalized spacial score (nSPS) is 21.1. The molecule has 1 saturated heterocycles. The van der Waals surface area contributed by atoms with E-state index in [1.54, 1.807) is 12.1 Å². The van der Waals surface area contributed by atoms with Gasteiger partial charge in [0.15, 0.2) is 0 Å². The minimum absolute atomic E-state index is 0.0174. The SMILES string of the molecule is O=C1c2ccccc2N[C@H](c2csc(-c3ccc(F)cc3)n2)N1C[C@@H]1CCCO1. The molecule has 7 heteroatoms. The number of anilines is 1. The second-order valence-corrected chi connectivity index (χ2v) is 8.13. The van der Waals surface area contributed by atoms with Crippen LogP contribution in [0, 0.1) is 5.82 Å². The van der Waals surface area contributed by atoms with Gasteiger partial charge in [0.05, 0.1) is 17.4 Å². The molecule has 0 radical (unpaired) electrons.